The second-order valence-corrected chi connectivity index (χ2v) is 13.2. The van der Waals surface area contributed by atoms with Gasteiger partial charge in [-0.05, 0) is 41.7 Å². The van der Waals surface area contributed by atoms with E-state index in [1.54, 1.807) is 12.1 Å². The Bertz CT molecular complexity index is 528. The Labute approximate surface area is 118 Å². The summed E-state index contributed by atoms with van der Waals surface area (Å²) < 4.78 is 17.7. The molecule has 2 N–H and O–H groups in total. The van der Waals surface area contributed by atoms with Gasteiger partial charge < -0.3 is 4.43 Å². The molecule has 1 aromatic rings. The Morgan fingerprint density at radius 1 is 1.26 bits per heavy atom. The first-order chi connectivity index (χ1) is 8.43. The number of hydrogen-bond donors (Lipinski definition) is 1. The molecule has 0 aliphatic heterocycles. The molecule has 0 saturated carbocycles. The predicted octanol–water partition coefficient (Wildman–Crippen LogP) is 3.16. The molecule has 19 heavy (non-hydrogen) atoms. The highest BCUT2D eigenvalue weighted by Gasteiger charge is 2.36. The molecule has 0 spiro atoms. The van der Waals surface area contributed by atoms with Crippen LogP contribution >= 0.6 is 0 Å². The van der Waals surface area contributed by atoms with Crippen molar-refractivity contribution in [2.24, 2.45) is 5.14 Å². The first-order valence-corrected chi connectivity index (χ1v) is 11.0. The summed E-state index contributed by atoms with van der Waals surface area (Å²) >= 11 is 0. The number of benzene rings is 1. The van der Waals surface area contributed by atoms with Crippen LogP contribution in [0.2, 0.25) is 18.1 Å². The Balaban J connectivity index is 2.76. The maximum atomic E-state index is 11.6. The van der Waals surface area contributed by atoms with Gasteiger partial charge in [-0.1, -0.05) is 32.9 Å². The minimum atomic E-state index is -2.62. The van der Waals surface area contributed by atoms with Crippen molar-refractivity contribution < 1.29 is 8.63 Å². The van der Waals surface area contributed by atoms with Gasteiger partial charge in [-0.25, -0.2) is 4.21 Å². The van der Waals surface area contributed by atoms with Crippen molar-refractivity contribution in [2.75, 3.05) is 0 Å². The molecule has 3 nitrogen and oxygen atoms in total. The normalized spacial score (nSPS) is 16.1. The SMILES string of the molecule is C=S(N)(=O)c1ccc(CO[Si](C)(C)C(C)(C)C)cc1. The van der Waals surface area contributed by atoms with Crippen LogP contribution < -0.4 is 5.14 Å². The van der Waals surface area contributed by atoms with Crippen molar-refractivity contribution >= 4 is 23.9 Å². The van der Waals surface area contributed by atoms with E-state index >= 15 is 0 Å². The number of nitrogens with two attached hydrogens (primary N) is 1. The van der Waals surface area contributed by atoms with E-state index in [9.17, 15) is 4.21 Å². The van der Waals surface area contributed by atoms with Gasteiger partial charge in [0.15, 0.2) is 8.32 Å². The van der Waals surface area contributed by atoms with Crippen molar-refractivity contribution in [1.29, 1.82) is 0 Å². The molecule has 1 aromatic carbocycles. The molecule has 1 rings (SSSR count). The molecule has 5 heteroatoms. The molecule has 0 aromatic heterocycles. The van der Waals surface area contributed by atoms with E-state index in [-0.39, 0.29) is 5.04 Å². The minimum absolute atomic E-state index is 0.200. The van der Waals surface area contributed by atoms with Crippen molar-refractivity contribution in [2.45, 2.75) is 50.4 Å². The monoisotopic (exact) mass is 299 g/mol. The summed E-state index contributed by atoms with van der Waals surface area (Å²) in [7, 11) is -4.35. The summed E-state index contributed by atoms with van der Waals surface area (Å²) in [6.07, 6.45) is 0. The van der Waals surface area contributed by atoms with E-state index in [2.05, 4.69) is 39.7 Å². The molecule has 0 amide bonds. The lowest BCUT2D eigenvalue weighted by atomic mass is 10.2. The summed E-state index contributed by atoms with van der Waals surface area (Å²) in [6, 6.07) is 7.33. The summed E-state index contributed by atoms with van der Waals surface area (Å²) in [5.41, 5.74) is 1.07. The van der Waals surface area contributed by atoms with Crippen molar-refractivity contribution in [3.8, 4) is 0 Å². The van der Waals surface area contributed by atoms with Crippen LogP contribution in [0.5, 0.6) is 0 Å². The quantitative estimate of drug-likeness (QED) is 0.686. The fraction of sp³-hybridized carbons (Fsp3) is 0.500. The molecule has 0 heterocycles. The molecule has 0 fully saturated rings. The van der Waals surface area contributed by atoms with Crippen molar-refractivity contribution in [3.05, 3.63) is 29.8 Å². The standard InChI is InChI=1S/C14H25NO2SSi/c1-14(2,3)19(5,6)17-11-12-7-9-13(10-8-12)18(4,15)16/h7-10H,4,11H2,1-3,5-6H3,(H2,15,16). The van der Waals surface area contributed by atoms with Crippen LogP contribution in [-0.2, 0) is 20.7 Å². The van der Waals surface area contributed by atoms with Crippen LogP contribution in [-0.4, -0.2) is 18.4 Å². The second kappa shape index (κ2) is 5.40. The van der Waals surface area contributed by atoms with Gasteiger partial charge >= 0.3 is 0 Å². The summed E-state index contributed by atoms with van der Waals surface area (Å²) in [5.74, 6) is 3.47. The lowest BCUT2D eigenvalue weighted by Gasteiger charge is -2.36. The van der Waals surface area contributed by atoms with Gasteiger partial charge in [0.05, 0.1) is 16.3 Å². The Morgan fingerprint density at radius 2 is 1.74 bits per heavy atom. The molecule has 1 unspecified atom stereocenters. The van der Waals surface area contributed by atoms with Crippen molar-refractivity contribution in [3.63, 3.8) is 0 Å². The third-order valence-electron chi connectivity index (χ3n) is 3.73. The third kappa shape index (κ3) is 4.45. The molecule has 0 saturated heterocycles. The van der Waals surface area contributed by atoms with Crippen LogP contribution in [0, 0.1) is 0 Å². The zero-order valence-corrected chi connectivity index (χ0v) is 14.3. The highest BCUT2D eigenvalue weighted by Crippen LogP contribution is 2.37. The topological polar surface area (TPSA) is 52.3 Å². The van der Waals surface area contributed by atoms with Crippen LogP contribution in [0.1, 0.15) is 26.3 Å². The van der Waals surface area contributed by atoms with Gasteiger partial charge in [0.2, 0.25) is 0 Å². The van der Waals surface area contributed by atoms with Gasteiger partial charge in [-0.3, -0.25) is 5.14 Å². The van der Waals surface area contributed by atoms with Crippen LogP contribution in [0.4, 0.5) is 0 Å². The molecule has 0 radical (unpaired) electrons. The minimum Gasteiger partial charge on any atom is -0.413 e. The summed E-state index contributed by atoms with van der Waals surface area (Å²) in [4.78, 5) is 0.573. The fourth-order valence-electron chi connectivity index (χ4n) is 1.30. The van der Waals surface area contributed by atoms with Crippen molar-refractivity contribution in [1.82, 2.24) is 0 Å². The Hall–Kier alpha value is -0.623. The maximum Gasteiger partial charge on any atom is 0.192 e. The zero-order valence-electron chi connectivity index (χ0n) is 12.5. The highest BCUT2D eigenvalue weighted by molar-refractivity contribution is 7.98. The molecular formula is C14H25NO2SSi. The molecule has 1 atom stereocenters. The highest BCUT2D eigenvalue weighted by atomic mass is 32.2. The van der Waals surface area contributed by atoms with Gasteiger partial charge in [0.25, 0.3) is 0 Å². The zero-order chi connectivity index (χ0) is 14.9. The van der Waals surface area contributed by atoms with Crippen LogP contribution in [0.25, 0.3) is 0 Å². The molecule has 0 bridgehead atoms. The van der Waals surface area contributed by atoms with Gasteiger partial charge in [-0.2, -0.15) is 0 Å². The van der Waals surface area contributed by atoms with E-state index in [1.165, 1.54) is 0 Å². The maximum absolute atomic E-state index is 11.6. The van der Waals surface area contributed by atoms with E-state index in [0.29, 0.717) is 11.5 Å². The van der Waals surface area contributed by atoms with Gasteiger partial charge in [0, 0.05) is 4.90 Å². The third-order valence-corrected chi connectivity index (χ3v) is 9.28. The van der Waals surface area contributed by atoms with E-state index in [1.807, 2.05) is 12.1 Å². The average Bonchev–Trinajstić information content (AvgIpc) is 2.24. The van der Waals surface area contributed by atoms with Crippen LogP contribution in [0.15, 0.2) is 29.2 Å². The Kier molecular flexibility index (Phi) is 4.67. The second-order valence-electron chi connectivity index (χ2n) is 6.42. The first-order valence-electron chi connectivity index (χ1n) is 6.31. The number of rotatable bonds is 4. The van der Waals surface area contributed by atoms with E-state index in [4.69, 9.17) is 9.56 Å². The predicted molar refractivity (Wildman–Crippen MR) is 86.1 cm³/mol. The lowest BCUT2D eigenvalue weighted by Crippen LogP contribution is -2.40. The number of hydrogen-bond acceptors (Lipinski definition) is 2. The van der Waals surface area contributed by atoms with E-state index < -0.39 is 18.0 Å². The van der Waals surface area contributed by atoms with Gasteiger partial charge in [0.1, 0.15) is 0 Å². The van der Waals surface area contributed by atoms with Crippen LogP contribution in [0.3, 0.4) is 0 Å². The molecule has 0 aliphatic carbocycles. The smallest absolute Gasteiger partial charge is 0.192 e. The fourth-order valence-corrected chi connectivity index (χ4v) is 2.85. The lowest BCUT2D eigenvalue weighted by molar-refractivity contribution is 0.276. The van der Waals surface area contributed by atoms with E-state index in [0.717, 1.165) is 5.56 Å². The molecule has 108 valence electrons. The molecule has 0 aliphatic rings. The summed E-state index contributed by atoms with van der Waals surface area (Å²) in [5, 5.41) is 5.70. The molecular weight excluding hydrogens is 274 g/mol. The first kappa shape index (κ1) is 16.4. The average molecular weight is 300 g/mol. The van der Waals surface area contributed by atoms with Gasteiger partial charge in [-0.15, -0.1) is 0 Å². The Morgan fingerprint density at radius 3 is 2.11 bits per heavy atom. The summed E-state index contributed by atoms with van der Waals surface area (Å²) in [6.45, 7) is 11.7. The largest absolute Gasteiger partial charge is 0.413 e.